The molecule has 3 heteroatoms. The average molecular weight is 315 g/mol. The molecule has 23 heavy (non-hydrogen) atoms. The molecule has 0 saturated carbocycles. The summed E-state index contributed by atoms with van der Waals surface area (Å²) in [6.45, 7) is 8.33. The largest absolute Gasteiger partial charge is 0.444 e. The van der Waals surface area contributed by atoms with Crippen LogP contribution in [0, 0.1) is 0 Å². The van der Waals surface area contributed by atoms with Crippen molar-refractivity contribution in [3.63, 3.8) is 0 Å². The summed E-state index contributed by atoms with van der Waals surface area (Å²) in [5, 5.41) is 0. The van der Waals surface area contributed by atoms with E-state index in [1.165, 1.54) is 0 Å². The van der Waals surface area contributed by atoms with Gasteiger partial charge in [-0.25, -0.2) is 4.79 Å². The first kappa shape index (κ1) is 19.1. The number of unbranched alkanes of at least 4 members (excludes halogenated alkanes) is 1. The van der Waals surface area contributed by atoms with Crippen molar-refractivity contribution in [3.05, 3.63) is 47.2 Å². The molecule has 0 aromatic heterocycles. The molecule has 1 aromatic carbocycles. The lowest BCUT2D eigenvalue weighted by Crippen LogP contribution is -2.35. The van der Waals surface area contributed by atoms with Crippen molar-refractivity contribution in [1.29, 1.82) is 0 Å². The number of likely N-dealkylation sites (N-methyl/N-ethyl adjacent to an activating group) is 1. The molecule has 0 radical (unpaired) electrons. The van der Waals surface area contributed by atoms with Gasteiger partial charge in [-0.05, 0) is 50.8 Å². The molecule has 0 unspecified atom stereocenters. The van der Waals surface area contributed by atoms with Crippen LogP contribution in [-0.4, -0.2) is 30.2 Å². The molecule has 0 N–H and O–H groups in total. The van der Waals surface area contributed by atoms with Gasteiger partial charge in [-0.3, -0.25) is 0 Å². The standard InChI is InChI=1S/C20H29NO2/c1-6-7-11-18(15-14-17-12-9-8-10-13-17)16-21(5)19(22)23-20(2,3)4/h8-10,12-14H,6-7,11,16H2,1-5H3. The minimum Gasteiger partial charge on any atom is -0.444 e. The molecule has 0 spiro atoms. The molecule has 3 nitrogen and oxygen atoms in total. The monoisotopic (exact) mass is 315 g/mol. The number of carbonyl (C=O) groups is 1. The van der Waals surface area contributed by atoms with Gasteiger partial charge in [-0.15, -0.1) is 5.73 Å². The minimum absolute atomic E-state index is 0.298. The van der Waals surface area contributed by atoms with Crippen LogP contribution < -0.4 is 0 Å². The van der Waals surface area contributed by atoms with Gasteiger partial charge in [-0.2, -0.15) is 0 Å². The summed E-state index contributed by atoms with van der Waals surface area (Å²) in [5.41, 5.74) is 5.12. The number of benzene rings is 1. The van der Waals surface area contributed by atoms with Gasteiger partial charge in [0.05, 0.1) is 6.54 Å². The van der Waals surface area contributed by atoms with Crippen molar-refractivity contribution in [2.75, 3.05) is 13.6 Å². The summed E-state index contributed by atoms with van der Waals surface area (Å²) in [4.78, 5) is 13.7. The molecule has 1 rings (SSSR count). The molecule has 0 bridgehead atoms. The van der Waals surface area contributed by atoms with Crippen LogP contribution in [0.15, 0.2) is 41.6 Å². The minimum atomic E-state index is -0.474. The lowest BCUT2D eigenvalue weighted by molar-refractivity contribution is 0.0312. The Labute approximate surface area is 140 Å². The quantitative estimate of drug-likeness (QED) is 0.668. The fourth-order valence-electron chi connectivity index (χ4n) is 2.01. The topological polar surface area (TPSA) is 29.5 Å². The molecule has 0 aliphatic carbocycles. The van der Waals surface area contributed by atoms with E-state index in [2.05, 4.69) is 12.7 Å². The third kappa shape index (κ3) is 8.27. The van der Waals surface area contributed by atoms with E-state index < -0.39 is 5.60 Å². The van der Waals surface area contributed by atoms with E-state index in [1.54, 1.807) is 11.9 Å². The second kappa shape index (κ2) is 9.22. The number of hydrogen-bond donors (Lipinski definition) is 0. The smallest absolute Gasteiger partial charge is 0.410 e. The zero-order chi connectivity index (χ0) is 17.3. The summed E-state index contributed by atoms with van der Waals surface area (Å²) in [6.07, 6.45) is 4.83. The first-order valence-corrected chi connectivity index (χ1v) is 8.25. The SMILES string of the molecule is CCCCC(=C=Cc1ccccc1)CN(C)C(=O)OC(C)(C)C. The van der Waals surface area contributed by atoms with Gasteiger partial charge in [-0.1, -0.05) is 43.7 Å². The molecule has 1 aromatic rings. The fraction of sp³-hybridized carbons (Fsp3) is 0.500. The molecule has 0 aliphatic heterocycles. The summed E-state index contributed by atoms with van der Waals surface area (Å²) in [7, 11) is 1.77. The van der Waals surface area contributed by atoms with Crippen molar-refractivity contribution in [1.82, 2.24) is 4.90 Å². The van der Waals surface area contributed by atoms with Gasteiger partial charge in [0.25, 0.3) is 0 Å². The molecule has 0 atom stereocenters. The predicted octanol–water partition coefficient (Wildman–Crippen LogP) is 5.28. The Bertz CT molecular complexity index is 549. The Kier molecular flexibility index (Phi) is 7.64. The van der Waals surface area contributed by atoms with Crippen LogP contribution in [0.5, 0.6) is 0 Å². The highest BCUT2D eigenvalue weighted by molar-refractivity contribution is 5.68. The van der Waals surface area contributed by atoms with Gasteiger partial charge in [0.2, 0.25) is 0 Å². The van der Waals surface area contributed by atoms with Crippen molar-refractivity contribution in [2.45, 2.75) is 52.6 Å². The molecular formula is C20H29NO2. The first-order valence-electron chi connectivity index (χ1n) is 8.25. The van der Waals surface area contributed by atoms with Gasteiger partial charge < -0.3 is 9.64 Å². The Morgan fingerprint density at radius 1 is 1.26 bits per heavy atom. The Balaban J connectivity index is 2.82. The predicted molar refractivity (Wildman–Crippen MR) is 96.3 cm³/mol. The summed E-state index contributed by atoms with van der Waals surface area (Å²) >= 11 is 0. The fourth-order valence-corrected chi connectivity index (χ4v) is 2.01. The molecule has 0 heterocycles. The molecule has 1 amide bonds. The van der Waals surface area contributed by atoms with E-state index in [0.717, 1.165) is 30.4 Å². The van der Waals surface area contributed by atoms with Gasteiger partial charge >= 0.3 is 6.09 Å². The van der Waals surface area contributed by atoms with E-state index in [-0.39, 0.29) is 6.09 Å². The van der Waals surface area contributed by atoms with Crippen LogP contribution in [0.1, 0.15) is 52.5 Å². The molecule has 0 fully saturated rings. The van der Waals surface area contributed by atoms with Crippen molar-refractivity contribution in [2.24, 2.45) is 0 Å². The van der Waals surface area contributed by atoms with E-state index in [9.17, 15) is 4.79 Å². The van der Waals surface area contributed by atoms with Crippen LogP contribution >= 0.6 is 0 Å². The van der Waals surface area contributed by atoms with Gasteiger partial charge in [0.1, 0.15) is 5.60 Å². The Morgan fingerprint density at radius 2 is 1.91 bits per heavy atom. The second-order valence-corrected chi connectivity index (χ2v) is 6.74. The normalized spacial score (nSPS) is 10.7. The maximum atomic E-state index is 12.1. The average Bonchev–Trinajstić information content (AvgIpc) is 2.49. The van der Waals surface area contributed by atoms with E-state index in [1.807, 2.05) is 57.2 Å². The van der Waals surface area contributed by atoms with Gasteiger partial charge in [0, 0.05) is 7.05 Å². The number of ether oxygens (including phenoxy) is 1. The highest BCUT2D eigenvalue weighted by Gasteiger charge is 2.19. The maximum Gasteiger partial charge on any atom is 0.410 e. The van der Waals surface area contributed by atoms with Crippen molar-refractivity contribution in [3.8, 4) is 0 Å². The second-order valence-electron chi connectivity index (χ2n) is 6.74. The molecular weight excluding hydrogens is 286 g/mol. The summed E-state index contributed by atoms with van der Waals surface area (Å²) in [6, 6.07) is 10.1. The zero-order valence-corrected chi connectivity index (χ0v) is 15.1. The lowest BCUT2D eigenvalue weighted by atomic mass is 10.1. The number of amides is 1. The van der Waals surface area contributed by atoms with Crippen LogP contribution in [-0.2, 0) is 4.74 Å². The Hall–Kier alpha value is -1.99. The maximum absolute atomic E-state index is 12.1. The number of carbonyl (C=O) groups excluding carboxylic acids is 1. The first-order chi connectivity index (χ1) is 10.8. The van der Waals surface area contributed by atoms with Crippen LogP contribution in [0.3, 0.4) is 0 Å². The highest BCUT2D eigenvalue weighted by atomic mass is 16.6. The number of nitrogens with zero attached hydrogens (tertiary/aromatic N) is 1. The lowest BCUT2D eigenvalue weighted by Gasteiger charge is -2.25. The van der Waals surface area contributed by atoms with Crippen LogP contribution in [0.2, 0.25) is 0 Å². The van der Waals surface area contributed by atoms with Crippen LogP contribution in [0.25, 0.3) is 6.08 Å². The Morgan fingerprint density at radius 3 is 2.48 bits per heavy atom. The summed E-state index contributed by atoms with van der Waals surface area (Å²) < 4.78 is 5.40. The van der Waals surface area contributed by atoms with Crippen molar-refractivity contribution < 1.29 is 9.53 Å². The van der Waals surface area contributed by atoms with E-state index in [4.69, 9.17) is 4.74 Å². The third-order valence-electron chi connectivity index (χ3n) is 3.21. The molecule has 126 valence electrons. The van der Waals surface area contributed by atoms with E-state index in [0.29, 0.717) is 6.54 Å². The van der Waals surface area contributed by atoms with Crippen molar-refractivity contribution >= 4 is 12.2 Å². The molecule has 0 saturated heterocycles. The highest BCUT2D eigenvalue weighted by Crippen LogP contribution is 2.13. The number of hydrogen-bond acceptors (Lipinski definition) is 2. The zero-order valence-electron chi connectivity index (χ0n) is 15.1. The third-order valence-corrected chi connectivity index (χ3v) is 3.21. The van der Waals surface area contributed by atoms with E-state index >= 15 is 0 Å². The van der Waals surface area contributed by atoms with Crippen LogP contribution in [0.4, 0.5) is 4.79 Å². The van der Waals surface area contributed by atoms with Gasteiger partial charge in [0.15, 0.2) is 0 Å². The molecule has 0 aliphatic rings. The number of rotatable bonds is 6. The summed E-state index contributed by atoms with van der Waals surface area (Å²) in [5.74, 6) is 0.